The molecular weight excluding hydrogens is 220 g/mol. The summed E-state index contributed by atoms with van der Waals surface area (Å²) in [5.41, 5.74) is 6.27. The number of nitrogen functional groups attached to an aromatic ring is 1. The summed E-state index contributed by atoms with van der Waals surface area (Å²) < 4.78 is 29.1. The number of hydrogen-bond donors (Lipinski definition) is 3. The van der Waals surface area contributed by atoms with E-state index in [1.807, 2.05) is 0 Å². The molecule has 0 bridgehead atoms. The van der Waals surface area contributed by atoms with E-state index in [0.717, 1.165) is 0 Å². The third-order valence-corrected chi connectivity index (χ3v) is 2.11. The van der Waals surface area contributed by atoms with Crippen molar-refractivity contribution in [2.75, 3.05) is 16.8 Å². The summed E-state index contributed by atoms with van der Waals surface area (Å²) in [6.45, 7) is 0. The van der Waals surface area contributed by atoms with Gasteiger partial charge in [-0.3, -0.25) is 9.35 Å². The molecule has 0 aromatic heterocycles. The molecule has 0 aliphatic carbocycles. The van der Waals surface area contributed by atoms with Crippen LogP contribution in [0.1, 0.15) is 0 Å². The van der Waals surface area contributed by atoms with Gasteiger partial charge in [0.15, 0.2) is 5.75 Å². The van der Waals surface area contributed by atoms with Crippen LogP contribution >= 0.6 is 0 Å². The lowest BCUT2D eigenvalue weighted by atomic mass is 10.3. The lowest BCUT2D eigenvalue weighted by Crippen LogP contribution is -2.22. The van der Waals surface area contributed by atoms with Gasteiger partial charge < -0.3 is 11.1 Å². The van der Waals surface area contributed by atoms with Crippen molar-refractivity contribution in [1.82, 2.24) is 0 Å². The van der Waals surface area contributed by atoms with E-state index in [1.54, 1.807) is 18.2 Å². The zero-order chi connectivity index (χ0) is 11.5. The maximum atomic E-state index is 11.0. The number of amides is 1. The topological polar surface area (TPSA) is 109 Å². The van der Waals surface area contributed by atoms with Crippen LogP contribution in [0.5, 0.6) is 0 Å². The Morgan fingerprint density at radius 3 is 2.67 bits per heavy atom. The van der Waals surface area contributed by atoms with Gasteiger partial charge in [0.05, 0.1) is 0 Å². The molecular formula is C8H10N2O4S. The molecule has 0 unspecified atom stereocenters. The number of nitrogens with two attached hydrogens (primary N) is 1. The van der Waals surface area contributed by atoms with Gasteiger partial charge >= 0.3 is 0 Å². The minimum atomic E-state index is -4.30. The van der Waals surface area contributed by atoms with Crippen molar-refractivity contribution in [2.24, 2.45) is 0 Å². The van der Waals surface area contributed by atoms with Gasteiger partial charge in [0.1, 0.15) is 0 Å². The number of benzene rings is 1. The van der Waals surface area contributed by atoms with Gasteiger partial charge in [-0.25, -0.2) is 0 Å². The second-order valence-electron chi connectivity index (χ2n) is 2.90. The van der Waals surface area contributed by atoms with Crippen LogP contribution in [0.4, 0.5) is 11.4 Å². The Kier molecular flexibility index (Phi) is 3.28. The molecule has 1 rings (SSSR count). The summed E-state index contributed by atoms with van der Waals surface area (Å²) in [6.07, 6.45) is 0. The lowest BCUT2D eigenvalue weighted by Gasteiger charge is -2.04. The molecule has 1 aromatic carbocycles. The Morgan fingerprint density at radius 2 is 2.13 bits per heavy atom. The first-order valence-corrected chi connectivity index (χ1v) is 5.58. The average Bonchev–Trinajstić information content (AvgIpc) is 1.99. The molecule has 4 N–H and O–H groups in total. The molecule has 0 aliphatic heterocycles. The second kappa shape index (κ2) is 4.28. The molecule has 7 heteroatoms. The van der Waals surface area contributed by atoms with Crippen molar-refractivity contribution in [3.8, 4) is 0 Å². The fraction of sp³-hybridized carbons (Fsp3) is 0.125. The molecule has 0 fully saturated rings. The Balaban J connectivity index is 2.67. The molecule has 0 aliphatic rings. The standard InChI is InChI=1S/C8H10N2O4S/c9-6-2-1-3-7(4-6)10-8(11)5-15(12,13)14/h1-4H,5,9H2,(H,10,11)(H,12,13,14). The minimum Gasteiger partial charge on any atom is -0.399 e. The van der Waals surface area contributed by atoms with Crippen molar-refractivity contribution in [1.29, 1.82) is 0 Å². The Morgan fingerprint density at radius 1 is 1.47 bits per heavy atom. The van der Waals surface area contributed by atoms with Crippen molar-refractivity contribution < 1.29 is 17.8 Å². The fourth-order valence-electron chi connectivity index (χ4n) is 0.979. The lowest BCUT2D eigenvalue weighted by molar-refractivity contribution is -0.113. The fourth-order valence-corrected chi connectivity index (χ4v) is 1.38. The number of rotatable bonds is 3. The predicted octanol–water partition coefficient (Wildman–Crippen LogP) is 0.0951. The number of carbonyl (C=O) groups excluding carboxylic acids is 1. The van der Waals surface area contributed by atoms with E-state index in [2.05, 4.69) is 5.32 Å². The molecule has 0 radical (unpaired) electrons. The zero-order valence-electron chi connectivity index (χ0n) is 7.67. The summed E-state index contributed by atoms with van der Waals surface area (Å²) in [5.74, 6) is -1.79. The van der Waals surface area contributed by atoms with Crippen molar-refractivity contribution in [2.45, 2.75) is 0 Å². The van der Waals surface area contributed by atoms with Crippen LogP contribution < -0.4 is 11.1 Å². The van der Waals surface area contributed by atoms with E-state index in [9.17, 15) is 13.2 Å². The third-order valence-electron chi connectivity index (χ3n) is 1.48. The predicted molar refractivity (Wildman–Crippen MR) is 55.9 cm³/mol. The molecule has 15 heavy (non-hydrogen) atoms. The number of anilines is 2. The SMILES string of the molecule is Nc1cccc(NC(=O)CS(=O)(=O)O)c1. The Labute approximate surface area is 86.8 Å². The first-order valence-electron chi connectivity index (χ1n) is 3.97. The summed E-state index contributed by atoms with van der Waals surface area (Å²) in [7, 11) is -4.30. The number of carbonyl (C=O) groups is 1. The maximum Gasteiger partial charge on any atom is 0.274 e. The molecule has 0 saturated carbocycles. The van der Waals surface area contributed by atoms with E-state index in [1.165, 1.54) is 6.07 Å². The number of nitrogens with one attached hydrogen (secondary N) is 1. The molecule has 0 spiro atoms. The van der Waals surface area contributed by atoms with Crippen molar-refractivity contribution in [3.05, 3.63) is 24.3 Å². The third kappa shape index (κ3) is 4.43. The highest BCUT2D eigenvalue weighted by molar-refractivity contribution is 7.86. The number of hydrogen-bond acceptors (Lipinski definition) is 4. The quantitative estimate of drug-likeness (QED) is 0.503. The minimum absolute atomic E-state index is 0.378. The largest absolute Gasteiger partial charge is 0.399 e. The van der Waals surface area contributed by atoms with Gasteiger partial charge in [-0.2, -0.15) is 8.42 Å². The normalized spacial score (nSPS) is 11.0. The van der Waals surface area contributed by atoms with E-state index < -0.39 is 21.8 Å². The molecule has 0 saturated heterocycles. The van der Waals surface area contributed by atoms with Crippen LogP contribution in [-0.2, 0) is 14.9 Å². The molecule has 0 atom stereocenters. The van der Waals surface area contributed by atoms with Gasteiger partial charge in [0.25, 0.3) is 10.1 Å². The van der Waals surface area contributed by atoms with Gasteiger partial charge in [-0.05, 0) is 18.2 Å². The summed E-state index contributed by atoms with van der Waals surface area (Å²) >= 11 is 0. The molecule has 1 aromatic rings. The Hall–Kier alpha value is -1.60. The van der Waals surface area contributed by atoms with Gasteiger partial charge in [0.2, 0.25) is 5.91 Å². The second-order valence-corrected chi connectivity index (χ2v) is 4.35. The monoisotopic (exact) mass is 230 g/mol. The van der Waals surface area contributed by atoms with Crippen LogP contribution in [0.3, 0.4) is 0 Å². The maximum absolute atomic E-state index is 11.0. The van der Waals surface area contributed by atoms with E-state index in [-0.39, 0.29) is 0 Å². The molecule has 82 valence electrons. The van der Waals surface area contributed by atoms with Crippen LogP contribution in [0, 0.1) is 0 Å². The molecule has 1 amide bonds. The highest BCUT2D eigenvalue weighted by atomic mass is 32.2. The highest BCUT2D eigenvalue weighted by Crippen LogP contribution is 2.11. The summed E-state index contributed by atoms with van der Waals surface area (Å²) in [4.78, 5) is 11.0. The van der Waals surface area contributed by atoms with Crippen LogP contribution in [0.15, 0.2) is 24.3 Å². The Bertz CT molecular complexity index is 469. The highest BCUT2D eigenvalue weighted by Gasteiger charge is 2.12. The first kappa shape index (κ1) is 11.5. The average molecular weight is 230 g/mol. The smallest absolute Gasteiger partial charge is 0.274 e. The van der Waals surface area contributed by atoms with Gasteiger partial charge in [-0.1, -0.05) is 6.07 Å². The van der Waals surface area contributed by atoms with E-state index in [0.29, 0.717) is 11.4 Å². The van der Waals surface area contributed by atoms with Crippen molar-refractivity contribution >= 4 is 27.4 Å². The van der Waals surface area contributed by atoms with E-state index >= 15 is 0 Å². The van der Waals surface area contributed by atoms with Crippen LogP contribution in [-0.4, -0.2) is 24.6 Å². The summed E-state index contributed by atoms with van der Waals surface area (Å²) in [5, 5.41) is 2.28. The summed E-state index contributed by atoms with van der Waals surface area (Å²) in [6, 6.07) is 6.26. The van der Waals surface area contributed by atoms with Gasteiger partial charge in [-0.15, -0.1) is 0 Å². The first-order chi connectivity index (χ1) is 6.87. The van der Waals surface area contributed by atoms with Crippen molar-refractivity contribution in [3.63, 3.8) is 0 Å². The molecule has 6 nitrogen and oxygen atoms in total. The zero-order valence-corrected chi connectivity index (χ0v) is 8.49. The molecule has 0 heterocycles. The van der Waals surface area contributed by atoms with E-state index in [4.69, 9.17) is 10.3 Å². The van der Waals surface area contributed by atoms with Gasteiger partial charge in [0, 0.05) is 11.4 Å². The van der Waals surface area contributed by atoms with Crippen LogP contribution in [0.25, 0.3) is 0 Å². The van der Waals surface area contributed by atoms with Crippen LogP contribution in [0.2, 0.25) is 0 Å².